The number of hydrogen-bond acceptors (Lipinski definition) is 1. The molecule has 0 radical (unpaired) electrons. The molecule has 1 nitrogen and oxygen atoms in total. The van der Waals surface area contributed by atoms with Crippen LogP contribution in [-0.4, -0.2) is 7.05 Å². The van der Waals surface area contributed by atoms with Crippen LogP contribution in [0, 0.1) is 0 Å². The van der Waals surface area contributed by atoms with Gasteiger partial charge in [0, 0.05) is 0 Å². The van der Waals surface area contributed by atoms with E-state index in [1.54, 1.807) is 6.56 Å². The van der Waals surface area contributed by atoms with Crippen LogP contribution in [-0.2, 0) is 23.2 Å². The summed E-state index contributed by atoms with van der Waals surface area (Å²) in [7, 11) is 2.15. The largest absolute Gasteiger partial charge is 1.00 e. The van der Waals surface area contributed by atoms with Gasteiger partial charge < -0.3 is 24.8 Å². The van der Waals surface area contributed by atoms with Gasteiger partial charge in [0.25, 0.3) is 0 Å². The van der Waals surface area contributed by atoms with E-state index in [4.69, 9.17) is 23.2 Å². The third-order valence-corrected chi connectivity index (χ3v) is 11.7. The molecule has 2 unspecified atom stereocenters. The molecule has 8 rings (SSSR count). The fraction of sp³-hybridized carbons (Fsp3) is 0.0968. The second-order valence-electron chi connectivity index (χ2n) is 9.39. The molecule has 4 aliphatic rings. The normalized spacial score (nSPS) is 17.9. The van der Waals surface area contributed by atoms with Gasteiger partial charge in [-0.05, 0) is 0 Å². The summed E-state index contributed by atoms with van der Waals surface area (Å²) in [4.78, 5) is 2.28. The third-order valence-electron chi connectivity index (χ3n) is 7.50. The Morgan fingerprint density at radius 2 is 1.30 bits per heavy atom. The minimum atomic E-state index is -1.18. The van der Waals surface area contributed by atoms with Crippen LogP contribution in [0.15, 0.2) is 91.5 Å². The molecule has 6 bridgehead atoms. The number of rotatable bonds is 3. The van der Waals surface area contributed by atoms with Crippen molar-refractivity contribution in [1.29, 1.82) is 0 Å². The Bertz CT molecular complexity index is 1560. The summed E-state index contributed by atoms with van der Waals surface area (Å²) in [6.45, 7) is 0. The van der Waals surface area contributed by atoms with Crippen molar-refractivity contribution in [1.82, 2.24) is 0 Å². The van der Waals surface area contributed by atoms with Crippen LogP contribution >= 0.6 is 23.2 Å². The third kappa shape index (κ3) is 4.26. The molecule has 2 atom stereocenters. The molecule has 0 saturated carbocycles. The molecule has 4 aromatic carbocycles. The van der Waals surface area contributed by atoms with Crippen molar-refractivity contribution >= 4 is 46.7 Å². The van der Waals surface area contributed by atoms with E-state index in [2.05, 4.69) is 103 Å². The number of anilines is 2. The second kappa shape index (κ2) is 10.4. The summed E-state index contributed by atoms with van der Waals surface area (Å²) in [6.07, 6.45) is 4.89. The van der Waals surface area contributed by atoms with Crippen molar-refractivity contribution in [2.75, 3.05) is 11.9 Å². The summed E-state index contributed by atoms with van der Waals surface area (Å²) in [5.41, 5.74) is 10.2. The van der Waals surface area contributed by atoms with Gasteiger partial charge in [0.15, 0.2) is 0 Å². The maximum atomic E-state index is 6.90. The van der Waals surface area contributed by atoms with Crippen molar-refractivity contribution < 1.29 is 48.0 Å². The molecular formula is C31H21Cl4NZr. The maximum absolute atomic E-state index is 6.90. The van der Waals surface area contributed by atoms with Crippen molar-refractivity contribution in [2.45, 2.75) is 11.8 Å². The van der Waals surface area contributed by atoms with Gasteiger partial charge in [-0.2, -0.15) is 0 Å². The Morgan fingerprint density at radius 1 is 0.649 bits per heavy atom. The summed E-state index contributed by atoms with van der Waals surface area (Å²) >= 11 is 12.5. The quantitative estimate of drug-likeness (QED) is 0.333. The number of nitrogens with zero attached hydrogens (tertiary/aromatic N) is 1. The van der Waals surface area contributed by atoms with Crippen LogP contribution < -0.4 is 29.7 Å². The summed E-state index contributed by atoms with van der Waals surface area (Å²) in [6, 6.07) is 30.4. The van der Waals surface area contributed by atoms with Crippen LogP contribution in [0.1, 0.15) is 45.2 Å². The molecule has 6 heteroatoms. The van der Waals surface area contributed by atoms with E-state index >= 15 is 0 Å². The molecule has 2 heterocycles. The Labute approximate surface area is 251 Å². The van der Waals surface area contributed by atoms with E-state index in [1.807, 2.05) is 6.07 Å². The van der Waals surface area contributed by atoms with Crippen molar-refractivity contribution in [3.63, 3.8) is 0 Å². The number of halogens is 4. The first kappa shape index (κ1) is 26.8. The average molecular weight is 641 g/mol. The van der Waals surface area contributed by atoms with Gasteiger partial charge >= 0.3 is 229 Å². The zero-order valence-corrected chi connectivity index (χ0v) is 25.3. The van der Waals surface area contributed by atoms with Gasteiger partial charge in [-0.25, -0.2) is 0 Å². The Morgan fingerprint density at radius 3 is 2.05 bits per heavy atom. The molecule has 2 aliphatic carbocycles. The predicted octanol–water partition coefficient (Wildman–Crippen LogP) is 2.84. The van der Waals surface area contributed by atoms with E-state index in [0.717, 1.165) is 10.0 Å². The van der Waals surface area contributed by atoms with E-state index in [0.29, 0.717) is 0 Å². The number of fused-ring (bicyclic) bond motifs is 3. The number of allylic oxidation sites excluding steroid dienone is 2. The van der Waals surface area contributed by atoms with Gasteiger partial charge in [-0.3, -0.25) is 0 Å². The molecular weight excluding hydrogens is 619 g/mol. The summed E-state index contributed by atoms with van der Waals surface area (Å²) in [5, 5.41) is 1.72. The van der Waals surface area contributed by atoms with E-state index < -0.39 is 23.2 Å². The van der Waals surface area contributed by atoms with Gasteiger partial charge in [0.2, 0.25) is 0 Å². The van der Waals surface area contributed by atoms with Gasteiger partial charge in [-0.15, -0.1) is 0 Å². The maximum Gasteiger partial charge on any atom is -1.00 e. The molecule has 0 aromatic heterocycles. The van der Waals surface area contributed by atoms with Crippen LogP contribution in [0.3, 0.4) is 0 Å². The molecule has 37 heavy (non-hydrogen) atoms. The van der Waals surface area contributed by atoms with E-state index in [1.165, 1.54) is 44.8 Å². The first-order chi connectivity index (χ1) is 17.1. The molecule has 0 fully saturated rings. The van der Waals surface area contributed by atoms with Crippen LogP contribution in [0.4, 0.5) is 11.4 Å². The molecule has 2 aliphatic heterocycles. The molecule has 0 N–H and O–H groups in total. The Kier molecular flexibility index (Phi) is 7.53. The monoisotopic (exact) mass is 637 g/mol. The SMILES string of the molecule is CN1c2ccc(cc2)C2[C]([Zr+2][C]3=Cc4cccc(Cl)c4C3c3ccccc3)=Cc3c1ccc(Cl)c32.[Cl-].[Cl-]. The fourth-order valence-corrected chi connectivity index (χ4v) is 10.6. The summed E-state index contributed by atoms with van der Waals surface area (Å²) in [5.74, 6) is 0.450. The van der Waals surface area contributed by atoms with Gasteiger partial charge in [0.05, 0.1) is 0 Å². The molecule has 0 saturated heterocycles. The standard InChI is InChI=1S/C16H11ClN.C15H10Cl.2ClH.Zr/c1-18-11-4-2-10(3-5-11)12-6-7-13-15(18)9-8-14(17)16(12)13;16-14-8-4-7-12-9-10-13(15(12)14)11-5-2-1-3-6-11;;;/h2-5,7-9,12H,1H3;1-9,13H;2*1H;/q;;;;+2/p-2. The average Bonchev–Trinajstić information content (AvgIpc) is 3.45. The Hall–Kier alpha value is -1.80. The topological polar surface area (TPSA) is 3.24 Å². The van der Waals surface area contributed by atoms with Crippen molar-refractivity contribution in [2.24, 2.45) is 0 Å². The fourth-order valence-electron chi connectivity index (χ4n) is 5.87. The van der Waals surface area contributed by atoms with Crippen LogP contribution in [0.2, 0.25) is 10.0 Å². The van der Waals surface area contributed by atoms with Crippen molar-refractivity contribution in [3.8, 4) is 0 Å². The smallest absolute Gasteiger partial charge is 1.00 e. The zero-order chi connectivity index (χ0) is 23.7. The summed E-state index contributed by atoms with van der Waals surface area (Å²) < 4.78 is 3.10. The minimum Gasteiger partial charge on any atom is -1.00 e. The molecule has 4 aromatic rings. The first-order valence-corrected chi connectivity index (χ1v) is 15.0. The second-order valence-corrected chi connectivity index (χ2v) is 13.7. The molecule has 0 spiro atoms. The van der Waals surface area contributed by atoms with Gasteiger partial charge in [0.1, 0.15) is 0 Å². The van der Waals surface area contributed by atoms with Gasteiger partial charge in [-0.1, -0.05) is 0 Å². The zero-order valence-electron chi connectivity index (χ0n) is 19.9. The van der Waals surface area contributed by atoms with Crippen molar-refractivity contribution in [3.05, 3.63) is 135 Å². The number of benzene rings is 4. The van der Waals surface area contributed by atoms with Crippen LogP contribution in [0.5, 0.6) is 0 Å². The Balaban J connectivity index is 0.00000140. The number of hydrogen-bond donors (Lipinski definition) is 0. The van der Waals surface area contributed by atoms with Crippen LogP contribution in [0.25, 0.3) is 12.2 Å². The predicted molar refractivity (Wildman–Crippen MR) is 143 cm³/mol. The minimum absolute atomic E-state index is 0. The van der Waals surface area contributed by atoms with E-state index in [9.17, 15) is 0 Å². The van der Waals surface area contributed by atoms with E-state index in [-0.39, 0.29) is 36.6 Å². The molecule has 182 valence electrons. The first-order valence-electron chi connectivity index (χ1n) is 11.8. The molecule has 0 amide bonds.